The van der Waals surface area contributed by atoms with Gasteiger partial charge in [-0.15, -0.1) is 0 Å². The van der Waals surface area contributed by atoms with Crippen molar-refractivity contribution in [3.05, 3.63) is 41.3 Å². The van der Waals surface area contributed by atoms with E-state index in [-0.39, 0.29) is 15.6 Å². The molecule has 0 bridgehead atoms. The zero-order valence-corrected chi connectivity index (χ0v) is 9.53. The minimum absolute atomic E-state index is 0.0371. The van der Waals surface area contributed by atoms with E-state index in [0.717, 1.165) is 6.42 Å². The van der Waals surface area contributed by atoms with Crippen LogP contribution in [0, 0.1) is 0 Å². The van der Waals surface area contributed by atoms with Crippen molar-refractivity contribution in [3.8, 4) is 0 Å². The highest BCUT2D eigenvalue weighted by atomic mass is 32.2. The maximum atomic E-state index is 12.1. The Morgan fingerprint density at radius 3 is 2.38 bits per heavy atom. The van der Waals surface area contributed by atoms with Gasteiger partial charge in [-0.3, -0.25) is 4.79 Å². The molecule has 1 aromatic rings. The summed E-state index contributed by atoms with van der Waals surface area (Å²) in [7, 11) is -3.60. The molecule has 84 valence electrons. The van der Waals surface area contributed by atoms with Crippen LogP contribution in [-0.2, 0) is 14.6 Å². The highest BCUT2D eigenvalue weighted by Gasteiger charge is 2.27. The van der Waals surface area contributed by atoms with Crippen LogP contribution in [0.2, 0.25) is 0 Å². The van der Waals surface area contributed by atoms with Crippen LogP contribution in [0.25, 0.3) is 0 Å². The number of sulfone groups is 1. The maximum Gasteiger partial charge on any atom is 0.209 e. The number of allylic oxidation sites excluding steroid dienone is 2. The van der Waals surface area contributed by atoms with Crippen LogP contribution in [0.5, 0.6) is 0 Å². The second-order valence-corrected chi connectivity index (χ2v) is 5.62. The molecule has 16 heavy (non-hydrogen) atoms. The topological polar surface area (TPSA) is 51.2 Å². The first-order valence-corrected chi connectivity index (χ1v) is 6.64. The van der Waals surface area contributed by atoms with Gasteiger partial charge in [0.05, 0.1) is 4.90 Å². The van der Waals surface area contributed by atoms with Crippen molar-refractivity contribution in [2.75, 3.05) is 0 Å². The van der Waals surface area contributed by atoms with E-state index in [1.165, 1.54) is 18.2 Å². The molecule has 2 rings (SSSR count). The fourth-order valence-electron chi connectivity index (χ4n) is 1.72. The molecule has 0 spiro atoms. The zero-order valence-electron chi connectivity index (χ0n) is 8.72. The van der Waals surface area contributed by atoms with Crippen molar-refractivity contribution in [1.82, 2.24) is 0 Å². The SMILES string of the molecule is O=C1CCCC=C1S(=O)(=O)c1ccccc1. The van der Waals surface area contributed by atoms with Crippen LogP contribution in [0.3, 0.4) is 0 Å². The van der Waals surface area contributed by atoms with Crippen LogP contribution in [0.1, 0.15) is 19.3 Å². The Hall–Kier alpha value is -1.42. The molecule has 0 saturated carbocycles. The molecule has 0 atom stereocenters. The largest absolute Gasteiger partial charge is 0.293 e. The number of hydrogen-bond acceptors (Lipinski definition) is 3. The monoisotopic (exact) mass is 236 g/mol. The van der Waals surface area contributed by atoms with Crippen LogP contribution in [-0.4, -0.2) is 14.2 Å². The van der Waals surface area contributed by atoms with Crippen molar-refractivity contribution in [1.29, 1.82) is 0 Å². The Bertz CT molecular complexity index is 527. The average Bonchev–Trinajstić information content (AvgIpc) is 2.30. The van der Waals surface area contributed by atoms with Crippen LogP contribution in [0.4, 0.5) is 0 Å². The summed E-state index contributed by atoms with van der Waals surface area (Å²) in [5.41, 5.74) is 0. The number of hydrogen-bond donors (Lipinski definition) is 0. The molecule has 3 nitrogen and oxygen atoms in total. The molecule has 0 saturated heterocycles. The predicted octanol–water partition coefficient (Wildman–Crippen LogP) is 2.10. The molecule has 0 heterocycles. The second kappa shape index (κ2) is 4.22. The smallest absolute Gasteiger partial charge is 0.209 e. The summed E-state index contributed by atoms with van der Waals surface area (Å²) in [5, 5.41) is 0. The second-order valence-electron chi connectivity index (χ2n) is 3.70. The Labute approximate surface area is 94.7 Å². The summed E-state index contributed by atoms with van der Waals surface area (Å²) < 4.78 is 24.2. The van der Waals surface area contributed by atoms with Gasteiger partial charge in [0, 0.05) is 6.42 Å². The Kier molecular flexibility index (Phi) is 2.92. The summed E-state index contributed by atoms with van der Waals surface area (Å²) in [4.78, 5) is 11.7. The van der Waals surface area contributed by atoms with Crippen molar-refractivity contribution < 1.29 is 13.2 Å². The lowest BCUT2D eigenvalue weighted by atomic mass is 10.1. The molecular formula is C12H12O3S. The fourth-order valence-corrected chi connectivity index (χ4v) is 3.23. The lowest BCUT2D eigenvalue weighted by Gasteiger charge is -2.12. The molecule has 0 radical (unpaired) electrons. The van der Waals surface area contributed by atoms with Crippen molar-refractivity contribution in [2.24, 2.45) is 0 Å². The van der Waals surface area contributed by atoms with E-state index in [4.69, 9.17) is 0 Å². The highest BCUT2D eigenvalue weighted by molar-refractivity contribution is 7.96. The van der Waals surface area contributed by atoms with Crippen LogP contribution < -0.4 is 0 Å². The van der Waals surface area contributed by atoms with Gasteiger partial charge in [0.2, 0.25) is 9.84 Å². The molecule has 0 unspecified atom stereocenters. The Balaban J connectivity index is 2.48. The van der Waals surface area contributed by atoms with Gasteiger partial charge in [-0.05, 0) is 25.0 Å². The Morgan fingerprint density at radius 2 is 1.75 bits per heavy atom. The van der Waals surface area contributed by atoms with Crippen LogP contribution >= 0.6 is 0 Å². The predicted molar refractivity (Wildman–Crippen MR) is 60.6 cm³/mol. The molecular weight excluding hydrogens is 224 g/mol. The normalized spacial score (nSPS) is 17.0. The van der Waals surface area contributed by atoms with Gasteiger partial charge in [-0.2, -0.15) is 0 Å². The third-order valence-electron chi connectivity index (χ3n) is 2.56. The average molecular weight is 236 g/mol. The molecule has 0 amide bonds. The van der Waals surface area contributed by atoms with Crippen molar-refractivity contribution in [2.45, 2.75) is 24.2 Å². The molecule has 1 aromatic carbocycles. The van der Waals surface area contributed by atoms with E-state index in [1.807, 2.05) is 0 Å². The number of carbonyl (C=O) groups excluding carboxylic acids is 1. The minimum atomic E-state index is -3.60. The Morgan fingerprint density at radius 1 is 1.06 bits per heavy atom. The van der Waals surface area contributed by atoms with Crippen molar-refractivity contribution in [3.63, 3.8) is 0 Å². The van der Waals surface area contributed by atoms with E-state index >= 15 is 0 Å². The molecule has 0 aromatic heterocycles. The lowest BCUT2D eigenvalue weighted by molar-refractivity contribution is -0.115. The van der Waals surface area contributed by atoms with Gasteiger partial charge in [0.15, 0.2) is 5.78 Å². The van der Waals surface area contributed by atoms with Gasteiger partial charge in [-0.1, -0.05) is 24.3 Å². The van der Waals surface area contributed by atoms with E-state index < -0.39 is 9.84 Å². The standard InChI is InChI=1S/C12H12O3S/c13-11-8-4-5-9-12(11)16(14,15)10-6-2-1-3-7-10/h1-3,6-7,9H,4-5,8H2. The first-order chi connectivity index (χ1) is 7.62. The fraction of sp³-hybridized carbons (Fsp3) is 0.250. The summed E-state index contributed by atoms with van der Waals surface area (Å²) in [6.45, 7) is 0. The van der Waals surface area contributed by atoms with Gasteiger partial charge in [0.25, 0.3) is 0 Å². The minimum Gasteiger partial charge on any atom is -0.293 e. The number of carbonyl (C=O) groups is 1. The first kappa shape index (κ1) is 11.1. The van der Waals surface area contributed by atoms with Gasteiger partial charge in [0.1, 0.15) is 4.91 Å². The third-order valence-corrected chi connectivity index (χ3v) is 4.42. The zero-order chi connectivity index (χ0) is 11.6. The van der Waals surface area contributed by atoms with Gasteiger partial charge >= 0.3 is 0 Å². The third kappa shape index (κ3) is 1.93. The lowest BCUT2D eigenvalue weighted by Crippen LogP contribution is -2.16. The quantitative estimate of drug-likeness (QED) is 0.790. The van der Waals surface area contributed by atoms with E-state index in [1.54, 1.807) is 18.2 Å². The summed E-state index contributed by atoms with van der Waals surface area (Å²) in [5.74, 6) is -0.268. The molecule has 0 N–H and O–H groups in total. The molecule has 1 aliphatic carbocycles. The van der Waals surface area contributed by atoms with E-state index in [0.29, 0.717) is 12.8 Å². The number of ketones is 1. The first-order valence-electron chi connectivity index (χ1n) is 5.16. The summed E-state index contributed by atoms with van der Waals surface area (Å²) in [6, 6.07) is 8.08. The van der Waals surface area contributed by atoms with Crippen LogP contribution in [0.15, 0.2) is 46.2 Å². The summed E-state index contributed by atoms with van der Waals surface area (Å²) >= 11 is 0. The van der Waals surface area contributed by atoms with E-state index in [2.05, 4.69) is 0 Å². The number of benzene rings is 1. The highest BCUT2D eigenvalue weighted by Crippen LogP contribution is 2.25. The molecule has 0 fully saturated rings. The van der Waals surface area contributed by atoms with Gasteiger partial charge in [-0.25, -0.2) is 8.42 Å². The number of Topliss-reactive ketones (excluding diaryl/α,β-unsaturated/α-hetero) is 1. The summed E-state index contributed by atoms with van der Waals surface area (Å²) in [6.07, 6.45) is 3.27. The molecule has 4 heteroatoms. The number of rotatable bonds is 2. The van der Waals surface area contributed by atoms with Gasteiger partial charge < -0.3 is 0 Å². The maximum absolute atomic E-state index is 12.1. The van der Waals surface area contributed by atoms with Crippen molar-refractivity contribution >= 4 is 15.6 Å². The molecule has 1 aliphatic rings. The molecule has 0 aliphatic heterocycles. The van der Waals surface area contributed by atoms with E-state index in [9.17, 15) is 13.2 Å².